The zero-order chi connectivity index (χ0) is 13.7. The number of carboxylic acid groups (broad SMARTS) is 1. The molecule has 0 saturated heterocycles. The Morgan fingerprint density at radius 3 is 2.58 bits per heavy atom. The van der Waals surface area contributed by atoms with Gasteiger partial charge in [-0.3, -0.25) is 0 Å². The molecule has 0 radical (unpaired) electrons. The van der Waals surface area contributed by atoms with Crippen LogP contribution in [-0.2, 0) is 13.0 Å². The molecule has 1 heterocycles. The first-order valence-electron chi connectivity index (χ1n) is 6.19. The first kappa shape index (κ1) is 13.8. The molecule has 0 fully saturated rings. The highest BCUT2D eigenvalue weighted by Crippen LogP contribution is 2.18. The summed E-state index contributed by atoms with van der Waals surface area (Å²) in [5.41, 5.74) is 1.33. The van der Waals surface area contributed by atoms with E-state index in [0.29, 0.717) is 4.88 Å². The number of carboxylic acids is 1. The SMILES string of the molecule is CN(CCc1ccccc1)Cc1ccc(C(=O)O)s1. The van der Waals surface area contributed by atoms with Gasteiger partial charge in [0.05, 0.1) is 0 Å². The van der Waals surface area contributed by atoms with Gasteiger partial charge < -0.3 is 10.0 Å². The zero-order valence-electron chi connectivity index (χ0n) is 10.9. The summed E-state index contributed by atoms with van der Waals surface area (Å²) in [4.78, 5) is 14.5. The van der Waals surface area contributed by atoms with Crippen molar-refractivity contribution in [2.24, 2.45) is 0 Å². The van der Waals surface area contributed by atoms with Gasteiger partial charge in [-0.1, -0.05) is 30.3 Å². The molecule has 1 N–H and O–H groups in total. The van der Waals surface area contributed by atoms with E-state index >= 15 is 0 Å². The molecule has 0 aliphatic heterocycles. The molecular formula is C15H17NO2S. The molecule has 19 heavy (non-hydrogen) atoms. The molecule has 0 atom stereocenters. The van der Waals surface area contributed by atoms with E-state index in [1.807, 2.05) is 24.3 Å². The van der Waals surface area contributed by atoms with Crippen LogP contribution in [0.15, 0.2) is 42.5 Å². The third-order valence-electron chi connectivity index (χ3n) is 2.92. The summed E-state index contributed by atoms with van der Waals surface area (Å²) in [6.45, 7) is 1.76. The quantitative estimate of drug-likeness (QED) is 0.880. The lowest BCUT2D eigenvalue weighted by molar-refractivity contribution is 0.0702. The fourth-order valence-electron chi connectivity index (χ4n) is 1.89. The Kier molecular flexibility index (Phi) is 4.71. The van der Waals surface area contributed by atoms with E-state index in [1.165, 1.54) is 16.9 Å². The number of carbonyl (C=O) groups is 1. The Bertz CT molecular complexity index is 536. The Morgan fingerprint density at radius 1 is 1.21 bits per heavy atom. The van der Waals surface area contributed by atoms with Crippen molar-refractivity contribution >= 4 is 17.3 Å². The van der Waals surface area contributed by atoms with Crippen LogP contribution in [0.1, 0.15) is 20.1 Å². The van der Waals surface area contributed by atoms with Crippen molar-refractivity contribution in [2.45, 2.75) is 13.0 Å². The highest BCUT2D eigenvalue weighted by atomic mass is 32.1. The average Bonchev–Trinajstić information content (AvgIpc) is 2.86. The molecule has 0 aliphatic rings. The zero-order valence-corrected chi connectivity index (χ0v) is 11.7. The van der Waals surface area contributed by atoms with Gasteiger partial charge in [0.15, 0.2) is 0 Å². The third-order valence-corrected chi connectivity index (χ3v) is 3.98. The van der Waals surface area contributed by atoms with E-state index in [0.717, 1.165) is 24.4 Å². The fraction of sp³-hybridized carbons (Fsp3) is 0.267. The van der Waals surface area contributed by atoms with Crippen molar-refractivity contribution in [3.8, 4) is 0 Å². The average molecular weight is 275 g/mol. The summed E-state index contributed by atoms with van der Waals surface area (Å²) in [5, 5.41) is 8.88. The minimum Gasteiger partial charge on any atom is -0.477 e. The number of likely N-dealkylation sites (N-methyl/N-ethyl adjacent to an activating group) is 1. The maximum atomic E-state index is 10.8. The Hall–Kier alpha value is -1.65. The molecule has 100 valence electrons. The predicted molar refractivity (Wildman–Crippen MR) is 77.8 cm³/mol. The van der Waals surface area contributed by atoms with Crippen molar-refractivity contribution in [1.29, 1.82) is 0 Å². The Balaban J connectivity index is 1.83. The van der Waals surface area contributed by atoms with Gasteiger partial charge in [-0.05, 0) is 31.2 Å². The molecule has 0 unspecified atom stereocenters. The molecule has 1 aromatic carbocycles. The number of hydrogen-bond donors (Lipinski definition) is 1. The predicted octanol–water partition coefficient (Wildman–Crippen LogP) is 3.12. The van der Waals surface area contributed by atoms with Gasteiger partial charge in [0.25, 0.3) is 0 Å². The van der Waals surface area contributed by atoms with Gasteiger partial charge in [0.2, 0.25) is 0 Å². The first-order chi connectivity index (χ1) is 9.15. The van der Waals surface area contributed by atoms with E-state index < -0.39 is 5.97 Å². The normalized spacial score (nSPS) is 10.8. The molecule has 3 nitrogen and oxygen atoms in total. The lowest BCUT2D eigenvalue weighted by Gasteiger charge is -2.15. The van der Waals surface area contributed by atoms with Crippen LogP contribution in [0.2, 0.25) is 0 Å². The van der Waals surface area contributed by atoms with Gasteiger partial charge in [-0.25, -0.2) is 4.79 Å². The van der Waals surface area contributed by atoms with Crippen LogP contribution in [0.25, 0.3) is 0 Å². The summed E-state index contributed by atoms with van der Waals surface area (Å²) in [7, 11) is 2.06. The number of benzene rings is 1. The van der Waals surface area contributed by atoms with Gasteiger partial charge in [0, 0.05) is 18.0 Å². The van der Waals surface area contributed by atoms with E-state index in [2.05, 4.69) is 24.1 Å². The second-order valence-electron chi connectivity index (χ2n) is 4.54. The van der Waals surface area contributed by atoms with E-state index in [4.69, 9.17) is 5.11 Å². The molecule has 1 aromatic heterocycles. The van der Waals surface area contributed by atoms with Gasteiger partial charge in [0.1, 0.15) is 4.88 Å². The number of hydrogen-bond acceptors (Lipinski definition) is 3. The highest BCUT2D eigenvalue weighted by molar-refractivity contribution is 7.13. The van der Waals surface area contributed by atoms with Crippen molar-refractivity contribution in [3.63, 3.8) is 0 Å². The maximum Gasteiger partial charge on any atom is 0.345 e. The number of thiophene rings is 1. The van der Waals surface area contributed by atoms with Gasteiger partial charge in [-0.2, -0.15) is 0 Å². The summed E-state index contributed by atoms with van der Waals surface area (Å²) < 4.78 is 0. The van der Waals surface area contributed by atoms with E-state index in [9.17, 15) is 4.79 Å². The second-order valence-corrected chi connectivity index (χ2v) is 5.71. The van der Waals surface area contributed by atoms with Crippen molar-refractivity contribution in [2.75, 3.05) is 13.6 Å². The summed E-state index contributed by atoms with van der Waals surface area (Å²) in [5.74, 6) is -0.844. The number of rotatable bonds is 6. The third kappa shape index (κ3) is 4.19. The number of aromatic carboxylic acids is 1. The largest absolute Gasteiger partial charge is 0.477 e. The van der Waals surface area contributed by atoms with Crippen LogP contribution in [0.5, 0.6) is 0 Å². The standard InChI is InChI=1S/C15H17NO2S/c1-16(10-9-12-5-3-2-4-6-12)11-13-7-8-14(19-13)15(17)18/h2-8H,9-11H2,1H3,(H,17,18). The highest BCUT2D eigenvalue weighted by Gasteiger charge is 2.08. The number of nitrogens with zero attached hydrogens (tertiary/aromatic N) is 1. The van der Waals surface area contributed by atoms with Crippen LogP contribution in [0, 0.1) is 0 Å². The maximum absolute atomic E-state index is 10.8. The smallest absolute Gasteiger partial charge is 0.345 e. The van der Waals surface area contributed by atoms with Crippen LogP contribution >= 0.6 is 11.3 Å². The first-order valence-corrected chi connectivity index (χ1v) is 7.01. The van der Waals surface area contributed by atoms with Crippen molar-refractivity contribution < 1.29 is 9.90 Å². The summed E-state index contributed by atoms with van der Waals surface area (Å²) in [6, 6.07) is 13.9. The topological polar surface area (TPSA) is 40.5 Å². The molecule has 0 spiro atoms. The molecular weight excluding hydrogens is 258 g/mol. The molecule has 0 saturated carbocycles. The molecule has 0 bridgehead atoms. The van der Waals surface area contributed by atoms with E-state index in [-0.39, 0.29) is 0 Å². The molecule has 0 amide bonds. The van der Waals surface area contributed by atoms with Crippen LogP contribution in [0.3, 0.4) is 0 Å². The van der Waals surface area contributed by atoms with Gasteiger partial charge in [-0.15, -0.1) is 11.3 Å². The molecule has 4 heteroatoms. The minimum absolute atomic E-state index is 0.409. The molecule has 0 aliphatic carbocycles. The van der Waals surface area contributed by atoms with E-state index in [1.54, 1.807) is 6.07 Å². The van der Waals surface area contributed by atoms with Crippen molar-refractivity contribution in [3.05, 3.63) is 57.8 Å². The molecule has 2 aromatic rings. The van der Waals surface area contributed by atoms with Gasteiger partial charge >= 0.3 is 5.97 Å². The lowest BCUT2D eigenvalue weighted by Crippen LogP contribution is -2.20. The van der Waals surface area contributed by atoms with Crippen LogP contribution < -0.4 is 0 Å². The second kappa shape index (κ2) is 6.50. The van der Waals surface area contributed by atoms with Crippen LogP contribution in [0.4, 0.5) is 0 Å². The monoisotopic (exact) mass is 275 g/mol. The summed E-state index contributed by atoms with van der Waals surface area (Å²) in [6.07, 6.45) is 1.01. The minimum atomic E-state index is -0.844. The Labute approximate surface area is 117 Å². The molecule has 2 rings (SSSR count). The Morgan fingerprint density at radius 2 is 1.95 bits per heavy atom. The lowest BCUT2D eigenvalue weighted by atomic mass is 10.1. The summed E-state index contributed by atoms with van der Waals surface area (Å²) >= 11 is 1.35. The fourth-order valence-corrected chi connectivity index (χ4v) is 2.81. The van der Waals surface area contributed by atoms with Crippen LogP contribution in [-0.4, -0.2) is 29.6 Å². The van der Waals surface area contributed by atoms with Crippen molar-refractivity contribution in [1.82, 2.24) is 4.90 Å².